The van der Waals surface area contributed by atoms with Crippen molar-refractivity contribution in [3.8, 4) is 22.9 Å². The average molecular weight is 251 g/mol. The van der Waals surface area contributed by atoms with Crippen LogP contribution < -0.4 is 4.74 Å². The summed E-state index contributed by atoms with van der Waals surface area (Å²) in [6.45, 7) is 4.71. The van der Waals surface area contributed by atoms with E-state index in [2.05, 4.69) is 31.2 Å². The van der Waals surface area contributed by atoms with Gasteiger partial charge in [-0.1, -0.05) is 36.4 Å². The van der Waals surface area contributed by atoms with Gasteiger partial charge >= 0.3 is 0 Å². The van der Waals surface area contributed by atoms with Crippen molar-refractivity contribution in [2.45, 2.75) is 20.3 Å². The standard InChI is InChI=1S/C17H17NO/c1-3-19-17-7-5-4-6-16(17)15-9-8-14(10-11-18)12-13(15)2/h4-9,12H,3,10H2,1-2H3. The molecular weight excluding hydrogens is 234 g/mol. The number of nitriles is 1. The van der Waals surface area contributed by atoms with Crippen LogP contribution in [-0.2, 0) is 6.42 Å². The molecule has 2 aromatic rings. The molecule has 0 aromatic heterocycles. The van der Waals surface area contributed by atoms with Crippen molar-refractivity contribution < 1.29 is 4.74 Å². The van der Waals surface area contributed by atoms with Crippen LogP contribution in [0.5, 0.6) is 5.75 Å². The summed E-state index contributed by atoms with van der Waals surface area (Å²) >= 11 is 0. The minimum Gasteiger partial charge on any atom is -0.493 e. The van der Waals surface area contributed by atoms with Crippen molar-refractivity contribution in [2.24, 2.45) is 0 Å². The quantitative estimate of drug-likeness (QED) is 0.818. The summed E-state index contributed by atoms with van der Waals surface area (Å²) in [4.78, 5) is 0. The van der Waals surface area contributed by atoms with Gasteiger partial charge in [-0.2, -0.15) is 5.26 Å². The van der Waals surface area contributed by atoms with Crippen LogP contribution in [0, 0.1) is 18.3 Å². The summed E-state index contributed by atoms with van der Waals surface area (Å²) < 4.78 is 5.67. The molecule has 2 nitrogen and oxygen atoms in total. The van der Waals surface area contributed by atoms with Gasteiger partial charge in [0.25, 0.3) is 0 Å². The summed E-state index contributed by atoms with van der Waals surface area (Å²) in [7, 11) is 0. The molecule has 0 aliphatic carbocycles. The maximum atomic E-state index is 8.74. The Morgan fingerprint density at radius 1 is 1.11 bits per heavy atom. The SMILES string of the molecule is CCOc1ccccc1-c1ccc(CC#N)cc1C. The van der Waals surface area contributed by atoms with Gasteiger partial charge in [-0.3, -0.25) is 0 Å². The van der Waals surface area contributed by atoms with Crippen molar-refractivity contribution in [3.63, 3.8) is 0 Å². The van der Waals surface area contributed by atoms with E-state index in [1.807, 2.05) is 31.2 Å². The maximum absolute atomic E-state index is 8.74. The molecule has 0 aliphatic rings. The van der Waals surface area contributed by atoms with Crippen molar-refractivity contribution in [2.75, 3.05) is 6.61 Å². The molecule has 0 amide bonds. The fourth-order valence-electron chi connectivity index (χ4n) is 2.20. The fraction of sp³-hybridized carbons (Fsp3) is 0.235. The molecule has 0 atom stereocenters. The Labute approximate surface area is 114 Å². The summed E-state index contributed by atoms with van der Waals surface area (Å²) in [5.74, 6) is 0.904. The molecule has 19 heavy (non-hydrogen) atoms. The van der Waals surface area contributed by atoms with E-state index in [-0.39, 0.29) is 0 Å². The Balaban J connectivity index is 2.45. The lowest BCUT2D eigenvalue weighted by atomic mass is 9.97. The number of aryl methyl sites for hydroxylation is 1. The molecule has 0 bridgehead atoms. The van der Waals surface area contributed by atoms with E-state index in [1.165, 1.54) is 5.56 Å². The molecule has 0 spiro atoms. The molecule has 0 radical (unpaired) electrons. The van der Waals surface area contributed by atoms with Gasteiger partial charge in [0.1, 0.15) is 5.75 Å². The first-order valence-corrected chi connectivity index (χ1v) is 6.45. The first kappa shape index (κ1) is 13.2. The molecule has 0 unspecified atom stereocenters. The Kier molecular flexibility index (Phi) is 4.20. The number of hydrogen-bond acceptors (Lipinski definition) is 2. The van der Waals surface area contributed by atoms with Crippen LogP contribution in [0.25, 0.3) is 11.1 Å². The highest BCUT2D eigenvalue weighted by Crippen LogP contribution is 2.32. The van der Waals surface area contributed by atoms with Crippen LogP contribution >= 0.6 is 0 Å². The number of nitrogens with zero attached hydrogens (tertiary/aromatic N) is 1. The fourth-order valence-corrected chi connectivity index (χ4v) is 2.20. The van der Waals surface area contributed by atoms with Crippen LogP contribution in [0.2, 0.25) is 0 Å². The van der Waals surface area contributed by atoms with E-state index in [1.54, 1.807) is 0 Å². The Bertz CT molecular complexity index is 611. The lowest BCUT2D eigenvalue weighted by molar-refractivity contribution is 0.341. The summed E-state index contributed by atoms with van der Waals surface area (Å²) in [6.07, 6.45) is 0.453. The van der Waals surface area contributed by atoms with E-state index in [9.17, 15) is 0 Å². The van der Waals surface area contributed by atoms with E-state index < -0.39 is 0 Å². The van der Waals surface area contributed by atoms with E-state index >= 15 is 0 Å². The zero-order valence-corrected chi connectivity index (χ0v) is 11.3. The smallest absolute Gasteiger partial charge is 0.127 e. The van der Waals surface area contributed by atoms with E-state index in [0.29, 0.717) is 13.0 Å². The molecule has 0 saturated carbocycles. The molecule has 2 heteroatoms. The molecule has 0 heterocycles. The second kappa shape index (κ2) is 6.06. The van der Waals surface area contributed by atoms with Crippen molar-refractivity contribution in [1.29, 1.82) is 5.26 Å². The number of hydrogen-bond donors (Lipinski definition) is 0. The Morgan fingerprint density at radius 3 is 2.58 bits per heavy atom. The highest BCUT2D eigenvalue weighted by atomic mass is 16.5. The number of benzene rings is 2. The monoisotopic (exact) mass is 251 g/mol. The normalized spacial score (nSPS) is 9.95. The molecule has 0 aliphatic heterocycles. The van der Waals surface area contributed by atoms with Gasteiger partial charge in [0, 0.05) is 5.56 Å². The molecule has 0 N–H and O–H groups in total. The number of rotatable bonds is 4. The predicted molar refractivity (Wildman–Crippen MR) is 77.1 cm³/mol. The molecule has 0 saturated heterocycles. The molecule has 2 aromatic carbocycles. The summed E-state index contributed by atoms with van der Waals surface area (Å²) in [5, 5.41) is 8.74. The third-order valence-corrected chi connectivity index (χ3v) is 3.05. The van der Waals surface area contributed by atoms with Gasteiger partial charge < -0.3 is 4.74 Å². The number of para-hydroxylation sites is 1. The molecule has 96 valence electrons. The minimum atomic E-state index is 0.453. The molecular formula is C17H17NO. The maximum Gasteiger partial charge on any atom is 0.127 e. The zero-order chi connectivity index (χ0) is 13.7. The van der Waals surface area contributed by atoms with Gasteiger partial charge in [0.15, 0.2) is 0 Å². The van der Waals surface area contributed by atoms with Crippen molar-refractivity contribution >= 4 is 0 Å². The first-order valence-electron chi connectivity index (χ1n) is 6.45. The predicted octanol–water partition coefficient (Wildman–Crippen LogP) is 4.13. The van der Waals surface area contributed by atoms with Crippen LogP contribution in [-0.4, -0.2) is 6.61 Å². The summed E-state index contributed by atoms with van der Waals surface area (Å²) in [6, 6.07) is 16.4. The van der Waals surface area contributed by atoms with Crippen LogP contribution in [0.3, 0.4) is 0 Å². The van der Waals surface area contributed by atoms with Crippen molar-refractivity contribution in [1.82, 2.24) is 0 Å². The van der Waals surface area contributed by atoms with Gasteiger partial charge in [0.2, 0.25) is 0 Å². The molecule has 0 fully saturated rings. The van der Waals surface area contributed by atoms with E-state index in [0.717, 1.165) is 22.4 Å². The Hall–Kier alpha value is -2.27. The van der Waals surface area contributed by atoms with Gasteiger partial charge in [-0.05, 0) is 36.6 Å². The third kappa shape index (κ3) is 2.95. The second-order valence-electron chi connectivity index (χ2n) is 4.41. The van der Waals surface area contributed by atoms with Gasteiger partial charge in [-0.15, -0.1) is 0 Å². The number of ether oxygens (including phenoxy) is 1. The van der Waals surface area contributed by atoms with Gasteiger partial charge in [-0.25, -0.2) is 0 Å². The third-order valence-electron chi connectivity index (χ3n) is 3.05. The van der Waals surface area contributed by atoms with Crippen LogP contribution in [0.15, 0.2) is 42.5 Å². The Morgan fingerprint density at radius 2 is 1.89 bits per heavy atom. The lowest BCUT2D eigenvalue weighted by Crippen LogP contribution is -1.95. The second-order valence-corrected chi connectivity index (χ2v) is 4.41. The first-order chi connectivity index (χ1) is 9.26. The topological polar surface area (TPSA) is 33.0 Å². The summed E-state index contributed by atoms with van der Waals surface area (Å²) in [5.41, 5.74) is 4.48. The van der Waals surface area contributed by atoms with Crippen LogP contribution in [0.1, 0.15) is 18.1 Å². The highest BCUT2D eigenvalue weighted by molar-refractivity contribution is 5.73. The largest absolute Gasteiger partial charge is 0.493 e. The average Bonchev–Trinajstić information content (AvgIpc) is 2.41. The molecule has 2 rings (SSSR count). The highest BCUT2D eigenvalue weighted by Gasteiger charge is 2.08. The zero-order valence-electron chi connectivity index (χ0n) is 11.3. The van der Waals surface area contributed by atoms with Gasteiger partial charge in [0.05, 0.1) is 19.1 Å². The van der Waals surface area contributed by atoms with Crippen molar-refractivity contribution in [3.05, 3.63) is 53.6 Å². The lowest BCUT2D eigenvalue weighted by Gasteiger charge is -2.12. The minimum absolute atomic E-state index is 0.453. The van der Waals surface area contributed by atoms with E-state index in [4.69, 9.17) is 10.00 Å². The van der Waals surface area contributed by atoms with Crippen LogP contribution in [0.4, 0.5) is 0 Å².